The SMILES string of the molecule is N#C/C(=C\c1cc(Br)cc(Br)c1OCc1ccc(Cl)cc1Cl)C(=O)Nc1ccc(F)cc1. The van der Waals surface area contributed by atoms with Gasteiger partial charge in [-0.3, -0.25) is 4.79 Å². The highest BCUT2D eigenvalue weighted by Crippen LogP contribution is 2.35. The Kier molecular flexibility index (Phi) is 8.32. The van der Waals surface area contributed by atoms with Crippen LogP contribution in [0.15, 0.2) is 69.1 Å². The molecule has 0 bridgehead atoms. The molecule has 0 aromatic heterocycles. The highest BCUT2D eigenvalue weighted by atomic mass is 79.9. The third-order valence-electron chi connectivity index (χ3n) is 4.19. The minimum atomic E-state index is -0.637. The topological polar surface area (TPSA) is 62.1 Å². The van der Waals surface area contributed by atoms with Crippen LogP contribution in [0.4, 0.5) is 10.1 Å². The Balaban J connectivity index is 1.89. The van der Waals surface area contributed by atoms with E-state index in [-0.39, 0.29) is 12.2 Å². The van der Waals surface area contributed by atoms with E-state index in [4.69, 9.17) is 27.9 Å². The van der Waals surface area contributed by atoms with Gasteiger partial charge in [0.25, 0.3) is 5.91 Å². The summed E-state index contributed by atoms with van der Waals surface area (Å²) in [6.07, 6.45) is 1.41. The van der Waals surface area contributed by atoms with Crippen molar-refractivity contribution in [2.45, 2.75) is 6.61 Å². The second kappa shape index (κ2) is 11.0. The van der Waals surface area contributed by atoms with E-state index >= 15 is 0 Å². The molecule has 0 aliphatic rings. The number of anilines is 1. The maximum absolute atomic E-state index is 13.1. The summed E-state index contributed by atoms with van der Waals surface area (Å²) in [7, 11) is 0. The molecule has 162 valence electrons. The number of hydrogen-bond acceptors (Lipinski definition) is 3. The number of nitriles is 1. The number of rotatable bonds is 6. The van der Waals surface area contributed by atoms with E-state index < -0.39 is 11.7 Å². The van der Waals surface area contributed by atoms with Crippen molar-refractivity contribution >= 4 is 72.7 Å². The Bertz CT molecular complexity index is 1240. The predicted molar refractivity (Wildman–Crippen MR) is 131 cm³/mol. The van der Waals surface area contributed by atoms with Crippen molar-refractivity contribution in [2.24, 2.45) is 0 Å². The van der Waals surface area contributed by atoms with Crippen molar-refractivity contribution in [3.05, 3.63) is 96.1 Å². The van der Waals surface area contributed by atoms with Crippen LogP contribution in [0.2, 0.25) is 10.0 Å². The summed E-state index contributed by atoms with van der Waals surface area (Å²) in [4.78, 5) is 12.6. The standard InChI is InChI=1S/C23H13Br2Cl2FN2O2/c24-16-8-14(7-15(11-29)23(31)30-19-5-3-18(28)4-6-19)22(20(25)9-16)32-12-13-1-2-17(26)10-21(13)27/h1-10H,12H2,(H,30,31)/b15-7+. The fourth-order valence-corrected chi connectivity index (χ4v) is 4.50. The molecule has 0 unspecified atom stereocenters. The minimum Gasteiger partial charge on any atom is -0.487 e. The first-order valence-electron chi connectivity index (χ1n) is 9.01. The van der Waals surface area contributed by atoms with Crippen LogP contribution in [-0.2, 0) is 11.4 Å². The number of hydrogen-bond donors (Lipinski definition) is 1. The number of nitrogens with one attached hydrogen (secondary N) is 1. The summed E-state index contributed by atoms with van der Waals surface area (Å²) in [6.45, 7) is 0.140. The third-order valence-corrected chi connectivity index (χ3v) is 5.83. The Morgan fingerprint density at radius 2 is 1.84 bits per heavy atom. The second-order valence-corrected chi connectivity index (χ2v) is 9.07. The Morgan fingerprint density at radius 1 is 1.12 bits per heavy atom. The van der Waals surface area contributed by atoms with Crippen molar-refractivity contribution in [3.8, 4) is 11.8 Å². The third kappa shape index (κ3) is 6.33. The molecule has 0 heterocycles. The van der Waals surface area contributed by atoms with Crippen LogP contribution < -0.4 is 10.1 Å². The van der Waals surface area contributed by atoms with Crippen LogP contribution in [-0.4, -0.2) is 5.91 Å². The molecule has 1 amide bonds. The molecule has 1 N–H and O–H groups in total. The monoisotopic (exact) mass is 596 g/mol. The fraction of sp³-hybridized carbons (Fsp3) is 0.0435. The first-order valence-corrected chi connectivity index (χ1v) is 11.4. The van der Waals surface area contributed by atoms with Crippen molar-refractivity contribution < 1.29 is 13.9 Å². The van der Waals surface area contributed by atoms with E-state index in [1.54, 1.807) is 30.3 Å². The van der Waals surface area contributed by atoms with Gasteiger partial charge in [-0.25, -0.2) is 4.39 Å². The van der Waals surface area contributed by atoms with E-state index in [2.05, 4.69) is 37.2 Å². The molecule has 3 rings (SSSR count). The molecular weight excluding hydrogens is 586 g/mol. The minimum absolute atomic E-state index is 0.140. The average Bonchev–Trinajstić information content (AvgIpc) is 2.74. The average molecular weight is 599 g/mol. The van der Waals surface area contributed by atoms with Crippen molar-refractivity contribution in [3.63, 3.8) is 0 Å². The molecule has 0 aliphatic carbocycles. The molecule has 3 aromatic carbocycles. The number of benzene rings is 3. The highest BCUT2D eigenvalue weighted by Gasteiger charge is 2.15. The Morgan fingerprint density at radius 3 is 2.50 bits per heavy atom. The van der Waals surface area contributed by atoms with Crippen LogP contribution >= 0.6 is 55.1 Å². The second-order valence-electron chi connectivity index (χ2n) is 6.46. The first-order chi connectivity index (χ1) is 15.3. The number of amides is 1. The van der Waals surface area contributed by atoms with Gasteiger partial charge < -0.3 is 10.1 Å². The number of halogens is 5. The van der Waals surface area contributed by atoms with Gasteiger partial charge in [0.2, 0.25) is 0 Å². The van der Waals surface area contributed by atoms with E-state index in [0.717, 1.165) is 5.56 Å². The predicted octanol–water partition coefficient (Wildman–Crippen LogP) is 7.78. The molecular formula is C23H13Br2Cl2FN2O2. The zero-order valence-electron chi connectivity index (χ0n) is 16.1. The Hall–Kier alpha value is -2.37. The summed E-state index contributed by atoms with van der Waals surface area (Å²) in [5, 5.41) is 13.1. The quantitative estimate of drug-likeness (QED) is 0.233. The largest absolute Gasteiger partial charge is 0.487 e. The number of nitrogens with zero attached hydrogens (tertiary/aromatic N) is 1. The molecule has 32 heavy (non-hydrogen) atoms. The summed E-state index contributed by atoms with van der Waals surface area (Å²) in [5.74, 6) is -0.649. The number of ether oxygens (including phenoxy) is 1. The number of carbonyl (C=O) groups excluding carboxylic acids is 1. The van der Waals surface area contributed by atoms with E-state index in [1.807, 2.05) is 6.07 Å². The molecule has 0 radical (unpaired) electrons. The number of carbonyl (C=O) groups is 1. The van der Waals surface area contributed by atoms with E-state index in [1.165, 1.54) is 30.3 Å². The lowest BCUT2D eigenvalue weighted by Gasteiger charge is -2.14. The summed E-state index contributed by atoms with van der Waals surface area (Å²) in [5.41, 5.74) is 1.41. The molecule has 0 saturated heterocycles. The lowest BCUT2D eigenvalue weighted by molar-refractivity contribution is -0.112. The summed E-state index contributed by atoms with van der Waals surface area (Å²) < 4.78 is 20.4. The van der Waals surface area contributed by atoms with Gasteiger partial charge >= 0.3 is 0 Å². The van der Waals surface area contributed by atoms with Gasteiger partial charge in [-0.15, -0.1) is 0 Å². The maximum atomic E-state index is 13.1. The molecule has 0 fully saturated rings. The summed E-state index contributed by atoms with van der Waals surface area (Å²) >= 11 is 19.0. The summed E-state index contributed by atoms with van der Waals surface area (Å²) in [6, 6.07) is 15.7. The molecule has 0 atom stereocenters. The lowest BCUT2D eigenvalue weighted by atomic mass is 10.1. The van der Waals surface area contributed by atoms with E-state index in [9.17, 15) is 14.4 Å². The maximum Gasteiger partial charge on any atom is 0.266 e. The van der Waals surface area contributed by atoms with Gasteiger partial charge in [-0.05, 0) is 70.5 Å². The van der Waals surface area contributed by atoms with Gasteiger partial charge in [-0.2, -0.15) is 5.26 Å². The van der Waals surface area contributed by atoms with Gasteiger partial charge in [0.1, 0.15) is 29.8 Å². The van der Waals surface area contributed by atoms with Crippen molar-refractivity contribution in [1.29, 1.82) is 5.26 Å². The molecule has 0 aliphatic heterocycles. The highest BCUT2D eigenvalue weighted by molar-refractivity contribution is 9.11. The molecule has 3 aromatic rings. The first kappa shape index (κ1) is 24.3. The zero-order valence-corrected chi connectivity index (χ0v) is 20.8. The van der Waals surface area contributed by atoms with Gasteiger partial charge in [-0.1, -0.05) is 45.2 Å². The van der Waals surface area contributed by atoms with E-state index in [0.29, 0.717) is 36.0 Å². The van der Waals surface area contributed by atoms with Gasteiger partial charge in [0, 0.05) is 31.3 Å². The van der Waals surface area contributed by atoms with Gasteiger partial charge in [0.05, 0.1) is 4.47 Å². The smallest absolute Gasteiger partial charge is 0.266 e. The fourth-order valence-electron chi connectivity index (χ4n) is 2.66. The molecule has 9 heteroatoms. The molecule has 0 saturated carbocycles. The normalized spacial score (nSPS) is 11.1. The van der Waals surface area contributed by atoms with Gasteiger partial charge in [0.15, 0.2) is 0 Å². The zero-order chi connectivity index (χ0) is 23.3. The van der Waals surface area contributed by atoms with Crippen LogP contribution in [0.5, 0.6) is 5.75 Å². The van der Waals surface area contributed by atoms with Crippen LogP contribution in [0, 0.1) is 17.1 Å². The van der Waals surface area contributed by atoms with Crippen LogP contribution in [0.1, 0.15) is 11.1 Å². The molecule has 0 spiro atoms. The molecule has 4 nitrogen and oxygen atoms in total. The Labute approximate surface area is 210 Å². The van der Waals surface area contributed by atoms with Crippen molar-refractivity contribution in [2.75, 3.05) is 5.32 Å². The van der Waals surface area contributed by atoms with Crippen LogP contribution in [0.3, 0.4) is 0 Å². The van der Waals surface area contributed by atoms with Crippen molar-refractivity contribution in [1.82, 2.24) is 0 Å². The lowest BCUT2D eigenvalue weighted by Crippen LogP contribution is -2.13. The van der Waals surface area contributed by atoms with Crippen LogP contribution in [0.25, 0.3) is 6.08 Å².